The molecule has 0 spiro atoms. The minimum atomic E-state index is -0.801. The first kappa shape index (κ1) is 13.6. The van der Waals surface area contributed by atoms with E-state index in [1.54, 1.807) is 0 Å². The third-order valence-corrected chi connectivity index (χ3v) is 3.14. The number of carboxylic acids is 1. The van der Waals surface area contributed by atoms with Crippen molar-refractivity contribution in [2.24, 2.45) is 0 Å². The molecule has 2 aromatic rings. The number of unbranched alkanes of at least 4 members (excludes halogenated alkanes) is 1. The molecule has 0 radical (unpaired) electrons. The highest BCUT2D eigenvalue weighted by molar-refractivity contribution is 5.77. The largest absolute Gasteiger partial charge is 0.480 e. The Labute approximate surface area is 112 Å². The minimum absolute atomic E-state index is 0.440. The number of furan rings is 1. The SMILES string of the molecule is CCCC[C@H](NCc1cc2ccccc2o1)C(=O)O. The van der Waals surface area contributed by atoms with Gasteiger partial charge in [-0.2, -0.15) is 0 Å². The summed E-state index contributed by atoms with van der Waals surface area (Å²) >= 11 is 0. The first-order chi connectivity index (χ1) is 9.20. The van der Waals surface area contributed by atoms with E-state index in [9.17, 15) is 4.79 Å². The standard InChI is InChI=1S/C15H19NO3/c1-2-3-7-13(15(17)18)16-10-12-9-11-6-4-5-8-14(11)19-12/h4-6,8-9,13,16H,2-3,7,10H2,1H3,(H,17,18)/t13-/m0/s1. The normalized spacial score (nSPS) is 12.7. The lowest BCUT2D eigenvalue weighted by Gasteiger charge is -2.12. The Morgan fingerprint density at radius 1 is 1.42 bits per heavy atom. The van der Waals surface area contributed by atoms with E-state index < -0.39 is 12.0 Å². The zero-order chi connectivity index (χ0) is 13.7. The van der Waals surface area contributed by atoms with Gasteiger partial charge in [-0.3, -0.25) is 10.1 Å². The first-order valence-corrected chi connectivity index (χ1v) is 6.64. The maximum Gasteiger partial charge on any atom is 0.320 e. The molecule has 4 nitrogen and oxygen atoms in total. The maximum absolute atomic E-state index is 11.1. The molecule has 2 N–H and O–H groups in total. The van der Waals surface area contributed by atoms with Crippen LogP contribution >= 0.6 is 0 Å². The second-order valence-electron chi connectivity index (χ2n) is 4.66. The summed E-state index contributed by atoms with van der Waals surface area (Å²) in [4.78, 5) is 11.1. The summed E-state index contributed by atoms with van der Waals surface area (Å²) in [5.74, 6) is -0.0338. The van der Waals surface area contributed by atoms with E-state index in [1.165, 1.54) is 0 Å². The monoisotopic (exact) mass is 261 g/mol. The van der Waals surface area contributed by atoms with Gasteiger partial charge in [-0.15, -0.1) is 0 Å². The average molecular weight is 261 g/mol. The van der Waals surface area contributed by atoms with E-state index in [2.05, 4.69) is 12.2 Å². The summed E-state index contributed by atoms with van der Waals surface area (Å²) in [5, 5.41) is 13.2. The zero-order valence-corrected chi connectivity index (χ0v) is 11.1. The lowest BCUT2D eigenvalue weighted by Crippen LogP contribution is -2.36. The van der Waals surface area contributed by atoms with Crippen LogP contribution in [0.4, 0.5) is 0 Å². The molecule has 1 aromatic heterocycles. The molecular formula is C15H19NO3. The third kappa shape index (κ3) is 3.58. The lowest BCUT2D eigenvalue weighted by atomic mass is 10.1. The number of hydrogen-bond acceptors (Lipinski definition) is 3. The van der Waals surface area contributed by atoms with Crippen LogP contribution in [0, 0.1) is 0 Å². The number of aliphatic carboxylic acids is 1. The van der Waals surface area contributed by atoms with E-state index >= 15 is 0 Å². The number of benzene rings is 1. The molecule has 0 aliphatic rings. The summed E-state index contributed by atoms with van der Waals surface area (Å²) in [6.45, 7) is 2.49. The second kappa shape index (κ2) is 6.38. The Hall–Kier alpha value is -1.81. The highest BCUT2D eigenvalue weighted by Gasteiger charge is 2.16. The van der Waals surface area contributed by atoms with Crippen LogP contribution < -0.4 is 5.32 Å². The first-order valence-electron chi connectivity index (χ1n) is 6.64. The van der Waals surface area contributed by atoms with Gasteiger partial charge in [-0.1, -0.05) is 38.0 Å². The van der Waals surface area contributed by atoms with Crippen LogP contribution in [0.2, 0.25) is 0 Å². The average Bonchev–Trinajstić information content (AvgIpc) is 2.81. The van der Waals surface area contributed by atoms with E-state index in [0.717, 1.165) is 29.6 Å². The van der Waals surface area contributed by atoms with E-state index in [1.807, 2.05) is 30.3 Å². The van der Waals surface area contributed by atoms with Crippen molar-refractivity contribution in [3.05, 3.63) is 36.1 Å². The Kier molecular flexibility index (Phi) is 4.58. The van der Waals surface area contributed by atoms with E-state index in [-0.39, 0.29) is 0 Å². The van der Waals surface area contributed by atoms with Crippen LogP contribution in [-0.4, -0.2) is 17.1 Å². The molecule has 2 rings (SSSR count). The summed E-state index contributed by atoms with van der Waals surface area (Å²) in [5.41, 5.74) is 0.833. The van der Waals surface area contributed by atoms with Crippen LogP contribution in [0.3, 0.4) is 0 Å². The van der Waals surface area contributed by atoms with Gasteiger partial charge in [0, 0.05) is 5.39 Å². The van der Waals surface area contributed by atoms with Crippen molar-refractivity contribution in [1.82, 2.24) is 5.32 Å². The van der Waals surface area contributed by atoms with Gasteiger partial charge in [0.05, 0.1) is 6.54 Å². The smallest absolute Gasteiger partial charge is 0.320 e. The molecule has 0 fully saturated rings. The van der Waals surface area contributed by atoms with Crippen molar-refractivity contribution >= 4 is 16.9 Å². The van der Waals surface area contributed by atoms with Crippen molar-refractivity contribution < 1.29 is 14.3 Å². The molecule has 0 amide bonds. The zero-order valence-electron chi connectivity index (χ0n) is 11.1. The van der Waals surface area contributed by atoms with Gasteiger partial charge in [0.25, 0.3) is 0 Å². The van der Waals surface area contributed by atoms with Crippen LogP contribution in [-0.2, 0) is 11.3 Å². The molecular weight excluding hydrogens is 242 g/mol. The Balaban J connectivity index is 1.97. The highest BCUT2D eigenvalue weighted by Crippen LogP contribution is 2.18. The van der Waals surface area contributed by atoms with E-state index in [4.69, 9.17) is 9.52 Å². The van der Waals surface area contributed by atoms with E-state index in [0.29, 0.717) is 13.0 Å². The van der Waals surface area contributed by atoms with Gasteiger partial charge < -0.3 is 9.52 Å². The number of hydrogen-bond donors (Lipinski definition) is 2. The van der Waals surface area contributed by atoms with Crippen molar-refractivity contribution in [3.8, 4) is 0 Å². The molecule has 1 heterocycles. The predicted octanol–water partition coefficient (Wildman–Crippen LogP) is 3.17. The highest BCUT2D eigenvalue weighted by atomic mass is 16.4. The molecule has 4 heteroatoms. The molecule has 102 valence electrons. The van der Waals surface area contributed by atoms with Crippen molar-refractivity contribution in [1.29, 1.82) is 0 Å². The van der Waals surface area contributed by atoms with Crippen LogP contribution in [0.5, 0.6) is 0 Å². The molecule has 0 unspecified atom stereocenters. The Morgan fingerprint density at radius 3 is 2.89 bits per heavy atom. The van der Waals surface area contributed by atoms with Crippen LogP contribution in [0.15, 0.2) is 34.7 Å². The Morgan fingerprint density at radius 2 is 2.21 bits per heavy atom. The molecule has 0 saturated heterocycles. The van der Waals surface area contributed by atoms with Gasteiger partial charge in [0.15, 0.2) is 0 Å². The van der Waals surface area contributed by atoms with Crippen molar-refractivity contribution in [2.75, 3.05) is 0 Å². The second-order valence-corrected chi connectivity index (χ2v) is 4.66. The molecule has 0 aliphatic carbocycles. The maximum atomic E-state index is 11.1. The number of fused-ring (bicyclic) bond motifs is 1. The topological polar surface area (TPSA) is 62.5 Å². The molecule has 1 aromatic carbocycles. The third-order valence-electron chi connectivity index (χ3n) is 3.14. The van der Waals surface area contributed by atoms with Gasteiger partial charge in [0.2, 0.25) is 0 Å². The fourth-order valence-corrected chi connectivity index (χ4v) is 2.07. The fraction of sp³-hybridized carbons (Fsp3) is 0.400. The number of rotatable bonds is 7. The number of para-hydroxylation sites is 1. The molecule has 1 atom stereocenters. The quantitative estimate of drug-likeness (QED) is 0.803. The van der Waals surface area contributed by atoms with Crippen molar-refractivity contribution in [2.45, 2.75) is 38.8 Å². The van der Waals surface area contributed by atoms with Crippen LogP contribution in [0.25, 0.3) is 11.0 Å². The van der Waals surface area contributed by atoms with Gasteiger partial charge in [-0.05, 0) is 18.6 Å². The molecule has 0 aliphatic heterocycles. The summed E-state index contributed by atoms with van der Waals surface area (Å²) in [7, 11) is 0. The number of carboxylic acid groups (broad SMARTS) is 1. The number of nitrogens with one attached hydrogen (secondary N) is 1. The summed E-state index contributed by atoms with van der Waals surface area (Å²) in [6, 6.07) is 9.20. The number of carbonyl (C=O) groups is 1. The molecule has 0 bridgehead atoms. The minimum Gasteiger partial charge on any atom is -0.480 e. The van der Waals surface area contributed by atoms with Gasteiger partial charge >= 0.3 is 5.97 Å². The van der Waals surface area contributed by atoms with Crippen molar-refractivity contribution in [3.63, 3.8) is 0 Å². The Bertz CT molecular complexity index is 514. The summed E-state index contributed by atoms with van der Waals surface area (Å²) < 4.78 is 5.65. The van der Waals surface area contributed by atoms with Gasteiger partial charge in [0.1, 0.15) is 17.4 Å². The fourth-order valence-electron chi connectivity index (χ4n) is 2.07. The molecule has 19 heavy (non-hydrogen) atoms. The van der Waals surface area contributed by atoms with Gasteiger partial charge in [-0.25, -0.2) is 0 Å². The van der Waals surface area contributed by atoms with Crippen LogP contribution in [0.1, 0.15) is 31.9 Å². The lowest BCUT2D eigenvalue weighted by molar-refractivity contribution is -0.139. The predicted molar refractivity (Wildman–Crippen MR) is 74.0 cm³/mol. The molecule has 0 saturated carbocycles. The summed E-state index contributed by atoms with van der Waals surface area (Å²) in [6.07, 6.45) is 2.55.